The molecule has 3 atom stereocenters. The molecule has 9 heteroatoms. The van der Waals surface area contributed by atoms with Gasteiger partial charge in [-0.1, -0.05) is 54.1 Å². The minimum absolute atomic E-state index is 0.0186. The lowest BCUT2D eigenvalue weighted by molar-refractivity contribution is -0.120. The first-order valence-electron chi connectivity index (χ1n) is 13.5. The molecule has 1 N–H and O–H groups in total. The van der Waals surface area contributed by atoms with Gasteiger partial charge in [0.25, 0.3) is 0 Å². The van der Waals surface area contributed by atoms with Crippen LogP contribution in [-0.4, -0.2) is 23.9 Å². The van der Waals surface area contributed by atoms with Crippen molar-refractivity contribution < 1.29 is 13.2 Å². The molecule has 0 radical (unpaired) electrons. The fourth-order valence-corrected chi connectivity index (χ4v) is 7.25. The number of imidazole rings is 1. The Kier molecular flexibility index (Phi) is 7.25. The molecular weight excluding hydrogens is 544 g/mol. The molecule has 1 saturated carbocycles. The average Bonchev–Trinajstić information content (AvgIpc) is 3.65. The van der Waals surface area contributed by atoms with Crippen molar-refractivity contribution in [3.05, 3.63) is 113 Å². The summed E-state index contributed by atoms with van der Waals surface area (Å²) in [7, 11) is -1.79. The molecule has 2 aliphatic carbocycles. The highest BCUT2D eigenvalue weighted by atomic mass is 35.5. The van der Waals surface area contributed by atoms with E-state index < -0.39 is 10.0 Å². The van der Waals surface area contributed by atoms with E-state index in [0.717, 1.165) is 47.5 Å². The fraction of sp³-hybridized carbons (Fsp3) is 0.290. The van der Waals surface area contributed by atoms with E-state index in [-0.39, 0.29) is 28.7 Å². The zero-order valence-corrected chi connectivity index (χ0v) is 23.8. The third kappa shape index (κ3) is 5.31. The van der Waals surface area contributed by atoms with E-state index >= 15 is 0 Å². The van der Waals surface area contributed by atoms with Gasteiger partial charge in [0.1, 0.15) is 5.82 Å². The van der Waals surface area contributed by atoms with Crippen molar-refractivity contribution in [3.63, 3.8) is 0 Å². The molecular formula is C31H31ClN4O3S. The maximum Gasteiger partial charge on any atom is 0.241 e. The van der Waals surface area contributed by atoms with Crippen molar-refractivity contribution in [3.8, 4) is 0 Å². The molecule has 0 aliphatic heterocycles. The summed E-state index contributed by atoms with van der Waals surface area (Å²) in [4.78, 5) is 20.5. The van der Waals surface area contributed by atoms with Gasteiger partial charge in [0.15, 0.2) is 0 Å². The van der Waals surface area contributed by atoms with Crippen LogP contribution in [0.1, 0.15) is 53.7 Å². The summed E-state index contributed by atoms with van der Waals surface area (Å²) in [5.41, 5.74) is 3.75. The number of aromatic nitrogens is 2. The topological polar surface area (TPSA) is 84.3 Å². The number of nitrogens with zero attached hydrogens (tertiary/aromatic N) is 3. The van der Waals surface area contributed by atoms with Gasteiger partial charge in [-0.2, -0.15) is 0 Å². The standard InChI is InChI=1S/C31H31ClN4O3S/c1-35-17-16-33-30(35)20-36(31(37)27-19-26(27)24-11-5-6-12-28(24)32)22-15-14-21-8-7-13-29(25(21)18-22)34-40(38,39)23-9-3-2-4-10-23/h2-6,9-12,14-18,26-27,29,34H,7-8,13,19-20H2,1H3/t26-,27+,29-/m0/s1. The highest BCUT2D eigenvalue weighted by Crippen LogP contribution is 2.51. The Bertz CT molecular complexity index is 1650. The monoisotopic (exact) mass is 574 g/mol. The lowest BCUT2D eigenvalue weighted by Gasteiger charge is -2.29. The minimum Gasteiger partial charge on any atom is -0.337 e. The zero-order valence-electron chi connectivity index (χ0n) is 22.2. The highest BCUT2D eigenvalue weighted by Gasteiger charge is 2.47. The molecule has 0 bridgehead atoms. The van der Waals surface area contributed by atoms with Crippen molar-refractivity contribution in [2.45, 2.75) is 49.1 Å². The quantitative estimate of drug-likeness (QED) is 0.290. The van der Waals surface area contributed by atoms with Crippen LogP contribution in [0.5, 0.6) is 0 Å². The third-order valence-electron chi connectivity index (χ3n) is 8.01. The molecule has 3 aromatic carbocycles. The van der Waals surface area contributed by atoms with Gasteiger partial charge in [0.05, 0.1) is 11.4 Å². The maximum absolute atomic E-state index is 14.0. The number of hydrogen-bond acceptors (Lipinski definition) is 4. The van der Waals surface area contributed by atoms with Crippen LogP contribution in [0.4, 0.5) is 5.69 Å². The Morgan fingerprint density at radius 1 is 1.07 bits per heavy atom. The lowest BCUT2D eigenvalue weighted by Crippen LogP contribution is -2.34. The van der Waals surface area contributed by atoms with Crippen LogP contribution in [0, 0.1) is 5.92 Å². The summed E-state index contributed by atoms with van der Waals surface area (Å²) >= 11 is 6.46. The number of rotatable bonds is 8. The number of anilines is 1. The first-order valence-corrected chi connectivity index (χ1v) is 15.4. The van der Waals surface area contributed by atoms with Crippen LogP contribution in [0.15, 0.2) is 90.1 Å². The number of carbonyl (C=O) groups is 1. The zero-order chi connectivity index (χ0) is 27.9. The molecule has 0 unspecified atom stereocenters. The number of aryl methyl sites for hydroxylation is 2. The smallest absolute Gasteiger partial charge is 0.241 e. The number of amides is 1. The van der Waals surface area contributed by atoms with Crippen molar-refractivity contribution in [2.24, 2.45) is 13.0 Å². The van der Waals surface area contributed by atoms with Crippen molar-refractivity contribution in [1.29, 1.82) is 0 Å². The Morgan fingerprint density at radius 3 is 2.60 bits per heavy atom. The second kappa shape index (κ2) is 10.8. The van der Waals surface area contributed by atoms with E-state index in [9.17, 15) is 13.2 Å². The largest absolute Gasteiger partial charge is 0.337 e. The Balaban J connectivity index is 1.32. The number of carbonyl (C=O) groups excluding carboxylic acids is 1. The fourth-order valence-electron chi connectivity index (χ4n) is 5.71. The van der Waals surface area contributed by atoms with Crippen LogP contribution >= 0.6 is 11.6 Å². The van der Waals surface area contributed by atoms with E-state index in [1.54, 1.807) is 41.4 Å². The molecule has 1 fully saturated rings. The Labute approximate surface area is 239 Å². The molecule has 40 heavy (non-hydrogen) atoms. The van der Waals surface area contributed by atoms with E-state index in [4.69, 9.17) is 11.6 Å². The molecule has 2 aliphatic rings. The lowest BCUT2D eigenvalue weighted by atomic mass is 9.87. The average molecular weight is 575 g/mol. The van der Waals surface area contributed by atoms with Gasteiger partial charge in [0, 0.05) is 42.1 Å². The first kappa shape index (κ1) is 26.7. The summed E-state index contributed by atoms with van der Waals surface area (Å²) in [5, 5.41) is 0.681. The summed E-state index contributed by atoms with van der Waals surface area (Å²) in [6.45, 7) is 0.313. The number of hydrogen-bond donors (Lipinski definition) is 1. The third-order valence-corrected chi connectivity index (χ3v) is 9.84. The normalized spacial score (nSPS) is 20.1. The molecule has 1 amide bonds. The van der Waals surface area contributed by atoms with Gasteiger partial charge in [-0.3, -0.25) is 4.79 Å². The SMILES string of the molecule is Cn1ccnc1CN(C(=O)[C@@H]1C[C@H]1c1ccccc1Cl)c1ccc2c(c1)[C@@H](NS(=O)(=O)c1ccccc1)CCC2. The van der Waals surface area contributed by atoms with Gasteiger partial charge in [-0.15, -0.1) is 0 Å². The highest BCUT2D eigenvalue weighted by molar-refractivity contribution is 7.89. The number of benzene rings is 3. The van der Waals surface area contributed by atoms with Crippen molar-refractivity contribution in [1.82, 2.24) is 14.3 Å². The van der Waals surface area contributed by atoms with Crippen LogP contribution in [-0.2, 0) is 34.8 Å². The second-order valence-electron chi connectivity index (χ2n) is 10.6. The predicted octanol–water partition coefficient (Wildman–Crippen LogP) is 5.77. The summed E-state index contributed by atoms with van der Waals surface area (Å²) in [5.74, 6) is 0.684. The molecule has 206 valence electrons. The van der Waals surface area contributed by atoms with Crippen molar-refractivity contribution in [2.75, 3.05) is 4.90 Å². The van der Waals surface area contributed by atoms with Crippen molar-refractivity contribution >= 4 is 33.2 Å². The van der Waals surface area contributed by atoms with Gasteiger partial charge in [-0.25, -0.2) is 18.1 Å². The minimum atomic E-state index is -3.70. The number of halogens is 1. The van der Waals surface area contributed by atoms with E-state index in [1.165, 1.54) is 0 Å². The molecule has 1 aromatic heterocycles. The molecule has 6 rings (SSSR count). The van der Waals surface area contributed by atoms with Crippen LogP contribution < -0.4 is 9.62 Å². The van der Waals surface area contributed by atoms with Crippen LogP contribution in [0.2, 0.25) is 5.02 Å². The van der Waals surface area contributed by atoms with Crippen LogP contribution in [0.3, 0.4) is 0 Å². The molecule has 0 saturated heterocycles. The number of nitrogens with one attached hydrogen (secondary N) is 1. The van der Waals surface area contributed by atoms with Gasteiger partial charge in [-0.05, 0) is 78.6 Å². The van der Waals surface area contributed by atoms with Gasteiger partial charge >= 0.3 is 0 Å². The molecule has 7 nitrogen and oxygen atoms in total. The summed E-state index contributed by atoms with van der Waals surface area (Å²) in [6, 6.07) is 21.7. The maximum atomic E-state index is 14.0. The van der Waals surface area contributed by atoms with E-state index in [1.807, 2.05) is 60.3 Å². The molecule has 1 heterocycles. The Morgan fingerprint density at radius 2 is 1.85 bits per heavy atom. The van der Waals surface area contributed by atoms with E-state index in [0.29, 0.717) is 18.0 Å². The number of fused-ring (bicyclic) bond motifs is 1. The first-order chi connectivity index (χ1) is 19.3. The van der Waals surface area contributed by atoms with E-state index in [2.05, 4.69) is 9.71 Å². The second-order valence-corrected chi connectivity index (χ2v) is 12.7. The van der Waals surface area contributed by atoms with Gasteiger partial charge in [0.2, 0.25) is 15.9 Å². The Hall–Kier alpha value is -3.46. The summed E-state index contributed by atoms with van der Waals surface area (Å²) in [6.07, 6.45) is 6.76. The predicted molar refractivity (Wildman–Crippen MR) is 156 cm³/mol. The van der Waals surface area contributed by atoms with Gasteiger partial charge < -0.3 is 9.47 Å². The van der Waals surface area contributed by atoms with Crippen LogP contribution in [0.25, 0.3) is 0 Å². The molecule has 0 spiro atoms. The summed E-state index contributed by atoms with van der Waals surface area (Å²) < 4.78 is 31.2. The number of sulfonamides is 1. The molecule has 4 aromatic rings.